The fourth-order valence-electron chi connectivity index (χ4n) is 3.07. The molecule has 2 N–H and O–H groups in total. The molecule has 0 spiro atoms. The predicted octanol–water partition coefficient (Wildman–Crippen LogP) is 3.92. The minimum atomic E-state index is -4.72. The van der Waals surface area contributed by atoms with Crippen LogP contribution in [0.2, 0.25) is 0 Å². The lowest BCUT2D eigenvalue weighted by Crippen LogP contribution is -2.41. The molecule has 0 unspecified atom stereocenters. The van der Waals surface area contributed by atoms with E-state index in [9.17, 15) is 22.8 Å². The van der Waals surface area contributed by atoms with Crippen molar-refractivity contribution >= 4 is 33.6 Å². The van der Waals surface area contributed by atoms with Gasteiger partial charge in [-0.15, -0.1) is 0 Å². The third-order valence-corrected chi connectivity index (χ3v) is 5.15. The molecule has 1 aromatic carbocycles. The molecule has 2 aromatic rings. The number of carbonyl (C=O) groups is 2. The molecule has 1 amide bonds. The first-order valence-corrected chi connectivity index (χ1v) is 8.82. The number of amides is 1. The second-order valence-corrected chi connectivity index (χ2v) is 7.23. The summed E-state index contributed by atoms with van der Waals surface area (Å²) >= 11 is 3.23. The van der Waals surface area contributed by atoms with Crippen molar-refractivity contribution in [2.45, 2.75) is 19.0 Å². The van der Waals surface area contributed by atoms with E-state index >= 15 is 0 Å². The number of benzene rings is 1. The Morgan fingerprint density at radius 1 is 1.22 bits per heavy atom. The average Bonchev–Trinajstić information content (AvgIpc) is 2.83. The van der Waals surface area contributed by atoms with Crippen LogP contribution in [0.1, 0.15) is 18.5 Å². The van der Waals surface area contributed by atoms with Crippen molar-refractivity contribution < 1.29 is 27.9 Å². The monoisotopic (exact) mass is 445 g/mol. The summed E-state index contributed by atoms with van der Waals surface area (Å²) in [6.45, 7) is 0. The molecule has 0 saturated heterocycles. The third-order valence-electron chi connectivity index (χ3n) is 4.62. The molecule has 0 aliphatic heterocycles. The quantitative estimate of drug-likeness (QED) is 0.746. The number of nitrogens with zero attached hydrogens (tertiary/aromatic N) is 2. The Morgan fingerprint density at radius 2 is 1.81 bits per heavy atom. The zero-order valence-electron chi connectivity index (χ0n) is 14.0. The minimum Gasteiger partial charge on any atom is -0.481 e. The topological polar surface area (TPSA) is 84.2 Å². The standard InChI is InChI=1S/C17H15BrF3N3O3/c1-24-14(22-15(25)10-6-7-11(10)16(26)27)12(13(23-24)17(19,20)21)8-2-4-9(18)5-3-8/h2-5,10-11H,6-7H2,1H3,(H,22,25)(H,26,27)/t10-,11+/m0/s1. The van der Waals surface area contributed by atoms with E-state index in [0.29, 0.717) is 17.3 Å². The summed E-state index contributed by atoms with van der Waals surface area (Å²) in [6.07, 6.45) is -3.98. The van der Waals surface area contributed by atoms with E-state index in [2.05, 4.69) is 26.3 Å². The molecular formula is C17H15BrF3N3O3. The summed E-state index contributed by atoms with van der Waals surface area (Å²) in [4.78, 5) is 23.6. The average molecular weight is 446 g/mol. The van der Waals surface area contributed by atoms with Crippen molar-refractivity contribution in [3.05, 3.63) is 34.4 Å². The summed E-state index contributed by atoms with van der Waals surface area (Å²) in [5, 5.41) is 15.1. The molecule has 10 heteroatoms. The maximum absolute atomic E-state index is 13.5. The van der Waals surface area contributed by atoms with Gasteiger partial charge in [0.2, 0.25) is 5.91 Å². The highest BCUT2D eigenvalue weighted by atomic mass is 79.9. The Hall–Kier alpha value is -2.36. The van der Waals surface area contributed by atoms with Crippen LogP contribution in [0.3, 0.4) is 0 Å². The highest BCUT2D eigenvalue weighted by molar-refractivity contribution is 9.10. The van der Waals surface area contributed by atoms with Gasteiger partial charge in [-0.05, 0) is 30.5 Å². The zero-order valence-corrected chi connectivity index (χ0v) is 15.6. The summed E-state index contributed by atoms with van der Waals surface area (Å²) in [6, 6.07) is 6.13. The predicted molar refractivity (Wildman–Crippen MR) is 93.8 cm³/mol. The number of nitrogens with one attached hydrogen (secondary N) is 1. The van der Waals surface area contributed by atoms with Crippen LogP contribution in [0.4, 0.5) is 19.0 Å². The van der Waals surface area contributed by atoms with Crippen molar-refractivity contribution in [3.8, 4) is 11.1 Å². The minimum absolute atomic E-state index is 0.120. The lowest BCUT2D eigenvalue weighted by atomic mass is 9.73. The van der Waals surface area contributed by atoms with Gasteiger partial charge in [-0.1, -0.05) is 28.1 Å². The number of hydrogen-bond acceptors (Lipinski definition) is 3. The van der Waals surface area contributed by atoms with Gasteiger partial charge in [-0.2, -0.15) is 18.3 Å². The Labute approximate surface area is 160 Å². The molecular weight excluding hydrogens is 431 g/mol. The van der Waals surface area contributed by atoms with E-state index in [0.717, 1.165) is 4.68 Å². The molecule has 1 aliphatic rings. The molecule has 6 nitrogen and oxygen atoms in total. The van der Waals surface area contributed by atoms with E-state index < -0.39 is 35.6 Å². The molecule has 1 fully saturated rings. The number of aromatic nitrogens is 2. The molecule has 3 rings (SSSR count). The van der Waals surface area contributed by atoms with E-state index in [1.165, 1.54) is 19.2 Å². The normalized spacial score (nSPS) is 19.4. The number of carboxylic acids is 1. The SMILES string of the molecule is Cn1nc(C(F)(F)F)c(-c2ccc(Br)cc2)c1NC(=O)[C@H]1CC[C@H]1C(=O)O. The van der Waals surface area contributed by atoms with Crippen LogP contribution in [0.5, 0.6) is 0 Å². The van der Waals surface area contributed by atoms with Gasteiger partial charge in [0.1, 0.15) is 5.82 Å². The van der Waals surface area contributed by atoms with Crippen molar-refractivity contribution in [2.24, 2.45) is 18.9 Å². The van der Waals surface area contributed by atoms with Crippen molar-refractivity contribution in [3.63, 3.8) is 0 Å². The number of carbonyl (C=O) groups excluding carboxylic acids is 1. The number of carboxylic acid groups (broad SMARTS) is 1. The lowest BCUT2D eigenvalue weighted by molar-refractivity contribution is -0.151. The number of hydrogen-bond donors (Lipinski definition) is 2. The van der Waals surface area contributed by atoms with E-state index in [-0.39, 0.29) is 16.9 Å². The van der Waals surface area contributed by atoms with Crippen molar-refractivity contribution in [2.75, 3.05) is 5.32 Å². The molecule has 1 heterocycles. The number of rotatable bonds is 4. The second kappa shape index (κ2) is 6.99. The van der Waals surface area contributed by atoms with Gasteiger partial charge in [0.15, 0.2) is 5.69 Å². The van der Waals surface area contributed by atoms with Gasteiger partial charge in [0.05, 0.1) is 17.4 Å². The highest BCUT2D eigenvalue weighted by Crippen LogP contribution is 2.42. The van der Waals surface area contributed by atoms with Crippen LogP contribution in [-0.2, 0) is 22.8 Å². The fraction of sp³-hybridized carbons (Fsp3) is 0.353. The zero-order chi connectivity index (χ0) is 19.9. The summed E-state index contributed by atoms with van der Waals surface area (Å²) < 4.78 is 42.1. The van der Waals surface area contributed by atoms with Crippen molar-refractivity contribution in [1.29, 1.82) is 0 Å². The smallest absolute Gasteiger partial charge is 0.435 e. The van der Waals surface area contributed by atoms with E-state index in [1.54, 1.807) is 12.1 Å². The van der Waals surface area contributed by atoms with Gasteiger partial charge < -0.3 is 10.4 Å². The third kappa shape index (κ3) is 3.71. The van der Waals surface area contributed by atoms with Gasteiger partial charge in [0, 0.05) is 11.5 Å². The molecule has 27 heavy (non-hydrogen) atoms. The maximum Gasteiger partial charge on any atom is 0.435 e. The van der Waals surface area contributed by atoms with E-state index in [4.69, 9.17) is 5.11 Å². The van der Waals surface area contributed by atoms with Crippen LogP contribution >= 0.6 is 15.9 Å². The van der Waals surface area contributed by atoms with Gasteiger partial charge >= 0.3 is 12.1 Å². The van der Waals surface area contributed by atoms with Crippen LogP contribution in [0, 0.1) is 11.8 Å². The van der Waals surface area contributed by atoms with Gasteiger partial charge in [-0.3, -0.25) is 14.3 Å². The number of aryl methyl sites for hydroxylation is 1. The highest BCUT2D eigenvalue weighted by Gasteiger charge is 2.43. The first kappa shape index (κ1) is 19.4. The Morgan fingerprint density at radius 3 is 2.30 bits per heavy atom. The summed E-state index contributed by atoms with van der Waals surface area (Å²) in [7, 11) is 1.29. The lowest BCUT2D eigenvalue weighted by Gasteiger charge is -2.32. The number of halogens is 4. The van der Waals surface area contributed by atoms with Crippen LogP contribution in [0.25, 0.3) is 11.1 Å². The fourth-order valence-corrected chi connectivity index (χ4v) is 3.34. The largest absolute Gasteiger partial charge is 0.481 e. The Kier molecular flexibility index (Phi) is 5.02. The summed E-state index contributed by atoms with van der Waals surface area (Å²) in [5.41, 5.74) is -1.14. The number of anilines is 1. The summed E-state index contributed by atoms with van der Waals surface area (Å²) in [5.74, 6) is -3.43. The van der Waals surface area contributed by atoms with Crippen LogP contribution in [-0.4, -0.2) is 26.8 Å². The number of aliphatic carboxylic acids is 1. The molecule has 0 bridgehead atoms. The second-order valence-electron chi connectivity index (χ2n) is 6.32. The number of alkyl halides is 3. The molecule has 0 radical (unpaired) electrons. The first-order valence-electron chi connectivity index (χ1n) is 8.03. The molecule has 1 aromatic heterocycles. The Balaban J connectivity index is 2.02. The van der Waals surface area contributed by atoms with Gasteiger partial charge in [0.25, 0.3) is 0 Å². The van der Waals surface area contributed by atoms with Gasteiger partial charge in [-0.25, -0.2) is 0 Å². The van der Waals surface area contributed by atoms with Crippen molar-refractivity contribution in [1.82, 2.24) is 9.78 Å². The molecule has 144 valence electrons. The van der Waals surface area contributed by atoms with Crippen LogP contribution < -0.4 is 5.32 Å². The molecule has 1 aliphatic carbocycles. The first-order chi connectivity index (χ1) is 12.6. The maximum atomic E-state index is 13.5. The Bertz CT molecular complexity index is 893. The van der Waals surface area contributed by atoms with E-state index in [1.807, 2.05) is 0 Å². The molecule has 2 atom stereocenters. The van der Waals surface area contributed by atoms with Crippen LogP contribution in [0.15, 0.2) is 28.7 Å². The molecule has 1 saturated carbocycles.